The minimum atomic E-state index is -0.646. The first-order valence-electron chi connectivity index (χ1n) is 6.12. The maximum absolute atomic E-state index is 13.6. The first-order chi connectivity index (χ1) is 9.47. The van der Waals surface area contributed by atoms with Crippen molar-refractivity contribution < 1.29 is 18.8 Å². The zero-order valence-electron chi connectivity index (χ0n) is 10.6. The summed E-state index contributed by atoms with van der Waals surface area (Å²) >= 11 is 0. The summed E-state index contributed by atoms with van der Waals surface area (Å²) in [6.45, 7) is 0.0687. The molecule has 1 saturated heterocycles. The van der Waals surface area contributed by atoms with Gasteiger partial charge < -0.3 is 11.1 Å². The van der Waals surface area contributed by atoms with Gasteiger partial charge in [-0.15, -0.1) is 0 Å². The largest absolute Gasteiger partial charge is 0.366 e. The number of carbonyl (C=O) groups is 3. The Kier molecular flexibility index (Phi) is 4.09. The minimum absolute atomic E-state index is 0.0687. The Morgan fingerprint density at radius 2 is 2.20 bits per heavy atom. The standard InChI is InChI=1S/C13H14FN3O3/c14-9-2-1-7(12(15)19)5-8(9)6-16-10-3-4-11(18)17-13(10)20/h1-2,5,10,16H,3-4,6H2,(H2,15,19)(H,17,18,20). The van der Waals surface area contributed by atoms with E-state index in [1.807, 2.05) is 0 Å². The third-order valence-electron chi connectivity index (χ3n) is 3.11. The van der Waals surface area contributed by atoms with Crippen molar-refractivity contribution in [3.63, 3.8) is 0 Å². The van der Waals surface area contributed by atoms with Crippen LogP contribution in [0.3, 0.4) is 0 Å². The number of piperidine rings is 1. The monoisotopic (exact) mass is 279 g/mol. The second-order valence-electron chi connectivity index (χ2n) is 4.56. The fourth-order valence-electron chi connectivity index (χ4n) is 1.98. The van der Waals surface area contributed by atoms with Crippen LogP contribution in [0.25, 0.3) is 0 Å². The van der Waals surface area contributed by atoms with Crippen molar-refractivity contribution in [2.24, 2.45) is 5.73 Å². The van der Waals surface area contributed by atoms with E-state index in [1.54, 1.807) is 0 Å². The summed E-state index contributed by atoms with van der Waals surface area (Å²) in [4.78, 5) is 33.6. The van der Waals surface area contributed by atoms with Crippen LogP contribution >= 0.6 is 0 Å². The lowest BCUT2D eigenvalue weighted by atomic mass is 10.0. The summed E-state index contributed by atoms with van der Waals surface area (Å²) in [6.07, 6.45) is 0.606. The molecule has 1 aliphatic rings. The smallest absolute Gasteiger partial charge is 0.248 e. The lowest BCUT2D eigenvalue weighted by Gasteiger charge is -2.22. The van der Waals surface area contributed by atoms with Crippen LogP contribution in [-0.2, 0) is 16.1 Å². The molecular weight excluding hydrogens is 265 g/mol. The molecule has 1 atom stereocenters. The van der Waals surface area contributed by atoms with Crippen molar-refractivity contribution in [1.82, 2.24) is 10.6 Å². The first kappa shape index (κ1) is 14.1. The van der Waals surface area contributed by atoms with Gasteiger partial charge in [-0.1, -0.05) is 0 Å². The van der Waals surface area contributed by atoms with Gasteiger partial charge in [-0.2, -0.15) is 0 Å². The molecule has 1 heterocycles. The van der Waals surface area contributed by atoms with Gasteiger partial charge in [0.2, 0.25) is 17.7 Å². The minimum Gasteiger partial charge on any atom is -0.366 e. The van der Waals surface area contributed by atoms with E-state index in [4.69, 9.17) is 5.73 Å². The number of hydrogen-bond donors (Lipinski definition) is 3. The fraction of sp³-hybridized carbons (Fsp3) is 0.308. The van der Waals surface area contributed by atoms with Crippen LogP contribution in [0, 0.1) is 5.82 Å². The zero-order valence-corrected chi connectivity index (χ0v) is 10.6. The molecule has 1 aromatic carbocycles. The van der Waals surface area contributed by atoms with Crippen LogP contribution < -0.4 is 16.4 Å². The second kappa shape index (κ2) is 5.79. The van der Waals surface area contributed by atoms with Crippen molar-refractivity contribution in [2.45, 2.75) is 25.4 Å². The molecule has 20 heavy (non-hydrogen) atoms. The summed E-state index contributed by atoms with van der Waals surface area (Å²) in [7, 11) is 0. The van der Waals surface area contributed by atoms with Crippen molar-refractivity contribution in [3.8, 4) is 0 Å². The quantitative estimate of drug-likeness (QED) is 0.665. The van der Waals surface area contributed by atoms with Crippen LogP contribution in [0.2, 0.25) is 0 Å². The molecule has 3 amide bonds. The summed E-state index contributed by atoms with van der Waals surface area (Å²) in [5.74, 6) is -1.87. The Balaban J connectivity index is 2.03. The van der Waals surface area contributed by atoms with Gasteiger partial charge in [0, 0.05) is 24.1 Å². The number of benzene rings is 1. The number of rotatable bonds is 4. The summed E-state index contributed by atoms with van der Waals surface area (Å²) in [5, 5.41) is 5.06. The van der Waals surface area contributed by atoms with Gasteiger partial charge in [0.1, 0.15) is 5.82 Å². The third kappa shape index (κ3) is 3.18. The molecule has 1 aromatic rings. The Hall–Kier alpha value is -2.28. The molecular formula is C13H14FN3O3. The molecule has 0 spiro atoms. The summed E-state index contributed by atoms with van der Waals surface area (Å²) < 4.78 is 13.6. The predicted octanol–water partition coefficient (Wildman–Crippen LogP) is -0.181. The SMILES string of the molecule is NC(=O)c1ccc(F)c(CNC2CCC(=O)NC2=O)c1. The highest BCUT2D eigenvalue weighted by molar-refractivity contribution is 6.00. The Labute approximate surface area is 114 Å². The Bertz CT molecular complexity index is 574. The van der Waals surface area contributed by atoms with Crippen LogP contribution in [-0.4, -0.2) is 23.8 Å². The molecule has 0 bridgehead atoms. The van der Waals surface area contributed by atoms with Gasteiger partial charge in [0.25, 0.3) is 0 Å². The number of halogens is 1. The van der Waals surface area contributed by atoms with E-state index in [-0.39, 0.29) is 30.0 Å². The highest BCUT2D eigenvalue weighted by Crippen LogP contribution is 2.12. The van der Waals surface area contributed by atoms with Crippen molar-refractivity contribution in [3.05, 3.63) is 35.1 Å². The van der Waals surface area contributed by atoms with Gasteiger partial charge in [0.05, 0.1) is 6.04 Å². The average molecular weight is 279 g/mol. The van der Waals surface area contributed by atoms with Gasteiger partial charge in [-0.25, -0.2) is 4.39 Å². The maximum atomic E-state index is 13.6. The maximum Gasteiger partial charge on any atom is 0.248 e. The van der Waals surface area contributed by atoms with Gasteiger partial charge in [-0.05, 0) is 24.6 Å². The number of imide groups is 1. The molecule has 0 radical (unpaired) electrons. The normalized spacial score (nSPS) is 18.8. The molecule has 1 unspecified atom stereocenters. The molecule has 4 N–H and O–H groups in total. The van der Waals surface area contributed by atoms with E-state index in [0.29, 0.717) is 6.42 Å². The molecule has 0 aromatic heterocycles. The fourth-order valence-corrected chi connectivity index (χ4v) is 1.98. The molecule has 0 saturated carbocycles. The molecule has 1 aliphatic heterocycles. The van der Waals surface area contributed by atoms with Crippen molar-refractivity contribution >= 4 is 17.7 Å². The molecule has 7 heteroatoms. The molecule has 106 valence electrons. The summed E-state index contributed by atoms with van der Waals surface area (Å²) in [5.41, 5.74) is 5.57. The van der Waals surface area contributed by atoms with Crippen LogP contribution in [0.5, 0.6) is 0 Å². The predicted molar refractivity (Wildman–Crippen MR) is 67.9 cm³/mol. The Morgan fingerprint density at radius 3 is 2.85 bits per heavy atom. The van der Waals surface area contributed by atoms with E-state index in [0.717, 1.165) is 6.07 Å². The number of primary amides is 1. The van der Waals surface area contributed by atoms with Crippen LogP contribution in [0.4, 0.5) is 4.39 Å². The highest BCUT2D eigenvalue weighted by Gasteiger charge is 2.26. The number of carbonyl (C=O) groups excluding carboxylic acids is 3. The molecule has 2 rings (SSSR count). The average Bonchev–Trinajstić information content (AvgIpc) is 2.39. The first-order valence-corrected chi connectivity index (χ1v) is 6.12. The van der Waals surface area contributed by atoms with E-state index >= 15 is 0 Å². The second-order valence-corrected chi connectivity index (χ2v) is 4.56. The number of hydrogen-bond acceptors (Lipinski definition) is 4. The van der Waals surface area contributed by atoms with Crippen molar-refractivity contribution in [1.29, 1.82) is 0 Å². The lowest BCUT2D eigenvalue weighted by Crippen LogP contribution is -2.50. The van der Waals surface area contributed by atoms with Gasteiger partial charge in [0.15, 0.2) is 0 Å². The molecule has 1 fully saturated rings. The lowest BCUT2D eigenvalue weighted by molar-refractivity contribution is -0.134. The van der Waals surface area contributed by atoms with Gasteiger partial charge >= 0.3 is 0 Å². The third-order valence-corrected chi connectivity index (χ3v) is 3.11. The topological polar surface area (TPSA) is 101 Å². The van der Waals surface area contributed by atoms with E-state index in [2.05, 4.69) is 10.6 Å². The van der Waals surface area contributed by atoms with Gasteiger partial charge in [-0.3, -0.25) is 19.7 Å². The highest BCUT2D eigenvalue weighted by atomic mass is 19.1. The van der Waals surface area contributed by atoms with E-state index in [1.165, 1.54) is 12.1 Å². The Morgan fingerprint density at radius 1 is 1.45 bits per heavy atom. The number of nitrogens with two attached hydrogens (primary N) is 1. The van der Waals surface area contributed by atoms with Crippen LogP contribution in [0.15, 0.2) is 18.2 Å². The summed E-state index contributed by atoms with van der Waals surface area (Å²) in [6, 6.07) is 3.25. The van der Waals surface area contributed by atoms with E-state index < -0.39 is 23.7 Å². The number of nitrogens with one attached hydrogen (secondary N) is 2. The van der Waals surface area contributed by atoms with Crippen molar-refractivity contribution in [2.75, 3.05) is 0 Å². The molecule has 0 aliphatic carbocycles. The zero-order chi connectivity index (χ0) is 14.7. The molecule has 6 nitrogen and oxygen atoms in total. The van der Waals surface area contributed by atoms with E-state index in [9.17, 15) is 18.8 Å². The number of amides is 3. The van der Waals surface area contributed by atoms with Crippen LogP contribution in [0.1, 0.15) is 28.8 Å².